The van der Waals surface area contributed by atoms with Gasteiger partial charge in [-0.2, -0.15) is 5.10 Å². The Balaban J connectivity index is 1.53. The summed E-state index contributed by atoms with van der Waals surface area (Å²) in [6.45, 7) is 4.32. The van der Waals surface area contributed by atoms with Crippen molar-refractivity contribution in [3.05, 3.63) is 59.4 Å². The first kappa shape index (κ1) is 18.2. The first-order valence-electron chi connectivity index (χ1n) is 9.53. The fraction of sp³-hybridized carbons (Fsp3) is 0.286. The number of carbonyl (C=O) groups is 1. The number of aromatic nitrogens is 3. The lowest BCUT2D eigenvalue weighted by Gasteiger charge is -2.21. The zero-order chi connectivity index (χ0) is 19.5. The Hall–Kier alpha value is -3.19. The number of nitrogens with one attached hydrogen (secondary N) is 2. The van der Waals surface area contributed by atoms with Gasteiger partial charge in [-0.1, -0.05) is 11.6 Å². The molecule has 0 atom stereocenters. The van der Waals surface area contributed by atoms with Crippen molar-refractivity contribution in [3.8, 4) is 11.4 Å². The number of H-pyrrole nitrogens is 1. The molecule has 1 aliphatic rings. The van der Waals surface area contributed by atoms with Crippen molar-refractivity contribution < 1.29 is 4.79 Å². The number of nitrogens with two attached hydrogens (primary N) is 1. The van der Waals surface area contributed by atoms with Crippen LogP contribution in [0.15, 0.2) is 42.5 Å². The summed E-state index contributed by atoms with van der Waals surface area (Å²) in [5.74, 6) is 1.14. The predicted molar refractivity (Wildman–Crippen MR) is 110 cm³/mol. The average molecular weight is 376 g/mol. The van der Waals surface area contributed by atoms with Crippen molar-refractivity contribution in [1.29, 1.82) is 0 Å². The van der Waals surface area contributed by atoms with Crippen LogP contribution in [-0.2, 0) is 6.54 Å². The van der Waals surface area contributed by atoms with Gasteiger partial charge in [0.15, 0.2) is 5.82 Å². The zero-order valence-corrected chi connectivity index (χ0v) is 15.9. The number of hydrogen-bond acceptors (Lipinski definition) is 5. The fourth-order valence-electron chi connectivity index (χ4n) is 3.48. The van der Waals surface area contributed by atoms with Gasteiger partial charge in [0, 0.05) is 30.0 Å². The van der Waals surface area contributed by atoms with Crippen LogP contribution in [0.3, 0.4) is 0 Å². The molecule has 0 aliphatic carbocycles. The van der Waals surface area contributed by atoms with Crippen LogP contribution in [0, 0.1) is 6.92 Å². The molecule has 1 fully saturated rings. The maximum absolute atomic E-state index is 13.0. The monoisotopic (exact) mass is 376 g/mol. The number of aryl methyl sites for hydroxylation is 1. The molecule has 7 heteroatoms. The van der Waals surface area contributed by atoms with Gasteiger partial charge >= 0.3 is 0 Å². The number of benzene rings is 2. The van der Waals surface area contributed by atoms with Crippen molar-refractivity contribution >= 4 is 17.3 Å². The Kier molecular flexibility index (Phi) is 5.08. The van der Waals surface area contributed by atoms with Gasteiger partial charge in [0.1, 0.15) is 5.82 Å². The third-order valence-electron chi connectivity index (χ3n) is 4.97. The molecule has 3 aromatic rings. The fourth-order valence-corrected chi connectivity index (χ4v) is 3.48. The van der Waals surface area contributed by atoms with Crippen LogP contribution in [0.5, 0.6) is 0 Å². The molecule has 144 valence electrons. The minimum atomic E-state index is -0.0957. The summed E-state index contributed by atoms with van der Waals surface area (Å²) < 4.78 is 0. The van der Waals surface area contributed by atoms with Gasteiger partial charge in [0.25, 0.3) is 5.91 Å². The molecule has 28 heavy (non-hydrogen) atoms. The van der Waals surface area contributed by atoms with Crippen molar-refractivity contribution in [2.75, 3.05) is 23.3 Å². The molecule has 1 amide bonds. The summed E-state index contributed by atoms with van der Waals surface area (Å²) in [6, 6.07) is 13.6. The van der Waals surface area contributed by atoms with Crippen LogP contribution in [-0.4, -0.2) is 34.2 Å². The van der Waals surface area contributed by atoms with Gasteiger partial charge < -0.3 is 16.0 Å². The molecule has 7 nitrogen and oxygen atoms in total. The molecule has 0 unspecified atom stereocenters. The minimum Gasteiger partial charge on any atom is -0.371 e. The maximum Gasteiger partial charge on any atom is 0.257 e. The molecule has 2 heterocycles. The van der Waals surface area contributed by atoms with Crippen molar-refractivity contribution in [3.63, 3.8) is 0 Å². The highest BCUT2D eigenvalue weighted by atomic mass is 16.1. The quantitative estimate of drug-likeness (QED) is 0.635. The van der Waals surface area contributed by atoms with Crippen molar-refractivity contribution in [2.45, 2.75) is 26.3 Å². The second kappa shape index (κ2) is 7.82. The van der Waals surface area contributed by atoms with Gasteiger partial charge in [-0.15, -0.1) is 0 Å². The Bertz CT molecular complexity index is 973. The molecule has 0 spiro atoms. The Morgan fingerprint density at radius 2 is 1.93 bits per heavy atom. The molecule has 1 aliphatic heterocycles. The smallest absolute Gasteiger partial charge is 0.257 e. The van der Waals surface area contributed by atoms with E-state index in [-0.39, 0.29) is 5.91 Å². The van der Waals surface area contributed by atoms with E-state index in [1.54, 1.807) is 0 Å². The average Bonchev–Trinajstić information content (AvgIpc) is 3.40. The van der Waals surface area contributed by atoms with E-state index in [0.29, 0.717) is 23.8 Å². The number of hydrogen-bond donors (Lipinski definition) is 3. The largest absolute Gasteiger partial charge is 0.371 e. The molecule has 4 N–H and O–H groups in total. The summed E-state index contributed by atoms with van der Waals surface area (Å²) in [6.07, 6.45) is 2.34. The van der Waals surface area contributed by atoms with E-state index >= 15 is 0 Å². The van der Waals surface area contributed by atoms with Gasteiger partial charge in [0.2, 0.25) is 0 Å². The third-order valence-corrected chi connectivity index (χ3v) is 4.97. The minimum absolute atomic E-state index is 0.0957. The Labute approximate surface area is 164 Å². The van der Waals surface area contributed by atoms with Gasteiger partial charge in [-0.25, -0.2) is 4.98 Å². The zero-order valence-electron chi connectivity index (χ0n) is 15.9. The lowest BCUT2D eigenvalue weighted by Crippen LogP contribution is -2.23. The predicted octanol–water partition coefficient (Wildman–Crippen LogP) is 3.09. The van der Waals surface area contributed by atoms with Crippen LogP contribution in [0.25, 0.3) is 11.4 Å². The summed E-state index contributed by atoms with van der Waals surface area (Å²) in [4.78, 5) is 19.6. The third kappa shape index (κ3) is 3.75. The first-order valence-corrected chi connectivity index (χ1v) is 9.53. The highest BCUT2D eigenvalue weighted by molar-refractivity contribution is 6.08. The lowest BCUT2D eigenvalue weighted by atomic mass is 10.1. The summed E-state index contributed by atoms with van der Waals surface area (Å²) in [7, 11) is 0. The maximum atomic E-state index is 13.0. The van der Waals surface area contributed by atoms with Gasteiger partial charge in [-0.05, 0) is 56.2 Å². The van der Waals surface area contributed by atoms with E-state index in [1.807, 2.05) is 37.3 Å². The van der Waals surface area contributed by atoms with E-state index in [1.165, 1.54) is 12.8 Å². The summed E-state index contributed by atoms with van der Waals surface area (Å²) >= 11 is 0. The molecule has 0 saturated carbocycles. The Morgan fingerprint density at radius 3 is 2.61 bits per heavy atom. The van der Waals surface area contributed by atoms with E-state index < -0.39 is 0 Å². The van der Waals surface area contributed by atoms with Gasteiger partial charge in [-0.3, -0.25) is 9.89 Å². The highest BCUT2D eigenvalue weighted by Crippen LogP contribution is 2.27. The van der Waals surface area contributed by atoms with Crippen LogP contribution in [0.2, 0.25) is 0 Å². The number of anilines is 2. The molecule has 4 rings (SSSR count). The molecular formula is C21H24N6O. The normalized spacial score (nSPS) is 13.7. The van der Waals surface area contributed by atoms with Crippen LogP contribution in [0.4, 0.5) is 11.4 Å². The molecule has 1 saturated heterocycles. The van der Waals surface area contributed by atoms with Crippen LogP contribution >= 0.6 is 0 Å². The van der Waals surface area contributed by atoms with E-state index in [4.69, 9.17) is 5.73 Å². The van der Waals surface area contributed by atoms with Crippen molar-refractivity contribution in [1.82, 2.24) is 15.2 Å². The standard InChI is InChI=1S/C21H24N6O/c1-14-4-9-18(27-10-2-3-11-27)17(12-14)21(28)23-16-7-5-15(6-8-16)20-24-19(13-22)25-26-20/h4-9,12H,2-3,10-11,13,22H2,1H3,(H,23,28)(H,24,25,26). The van der Waals surface area contributed by atoms with Crippen LogP contribution in [0.1, 0.15) is 34.6 Å². The molecule has 0 bridgehead atoms. The first-order chi connectivity index (χ1) is 13.6. The molecule has 0 radical (unpaired) electrons. The van der Waals surface area contributed by atoms with Crippen molar-refractivity contribution in [2.24, 2.45) is 5.73 Å². The SMILES string of the molecule is Cc1ccc(N2CCCC2)c(C(=O)Nc2ccc(-c3n[nH]c(CN)n3)cc2)c1. The van der Waals surface area contributed by atoms with Crippen LogP contribution < -0.4 is 16.0 Å². The number of amides is 1. The lowest BCUT2D eigenvalue weighted by molar-refractivity contribution is 0.102. The number of nitrogens with zero attached hydrogens (tertiary/aromatic N) is 3. The molecule has 1 aromatic heterocycles. The van der Waals surface area contributed by atoms with E-state index in [2.05, 4.69) is 37.5 Å². The number of rotatable bonds is 5. The topological polar surface area (TPSA) is 99.9 Å². The Morgan fingerprint density at radius 1 is 1.18 bits per heavy atom. The summed E-state index contributed by atoms with van der Waals surface area (Å²) in [5, 5.41) is 9.96. The highest BCUT2D eigenvalue weighted by Gasteiger charge is 2.20. The van der Waals surface area contributed by atoms with E-state index in [9.17, 15) is 4.79 Å². The molecule has 2 aromatic carbocycles. The molecular weight excluding hydrogens is 352 g/mol. The van der Waals surface area contributed by atoms with E-state index in [0.717, 1.165) is 35.6 Å². The van der Waals surface area contributed by atoms with Gasteiger partial charge in [0.05, 0.1) is 12.1 Å². The summed E-state index contributed by atoms with van der Waals surface area (Å²) in [5.41, 5.74) is 9.95. The second-order valence-corrected chi connectivity index (χ2v) is 7.06. The second-order valence-electron chi connectivity index (χ2n) is 7.06. The number of aromatic amines is 1. The number of carbonyl (C=O) groups excluding carboxylic acids is 1.